The van der Waals surface area contributed by atoms with Gasteiger partial charge >= 0.3 is 0 Å². The summed E-state index contributed by atoms with van der Waals surface area (Å²) in [5, 5.41) is 20.9. The Kier molecular flexibility index (Phi) is 5.81. The number of carbonyl (C=O) groups is 1. The molecule has 2 N–H and O–H groups in total. The number of nitrogens with one attached hydrogen (secondary N) is 1. The molecular formula is C14H19N3O3. The summed E-state index contributed by atoms with van der Waals surface area (Å²) in [4.78, 5) is 12.5. The second kappa shape index (κ2) is 7.36. The van der Waals surface area contributed by atoms with Crippen LogP contribution in [0.2, 0.25) is 0 Å². The monoisotopic (exact) mass is 277 g/mol. The molecule has 6 nitrogen and oxygen atoms in total. The molecule has 0 aliphatic rings. The van der Waals surface area contributed by atoms with E-state index >= 15 is 0 Å². The van der Waals surface area contributed by atoms with Gasteiger partial charge in [0.05, 0.1) is 25.9 Å². The van der Waals surface area contributed by atoms with Gasteiger partial charge in [0, 0.05) is 12.6 Å². The van der Waals surface area contributed by atoms with Crippen molar-refractivity contribution in [2.75, 3.05) is 30.5 Å². The van der Waals surface area contributed by atoms with Crippen molar-refractivity contribution >= 4 is 17.3 Å². The van der Waals surface area contributed by atoms with Crippen LogP contribution in [0.25, 0.3) is 0 Å². The second-order valence-corrected chi connectivity index (χ2v) is 4.20. The van der Waals surface area contributed by atoms with Crippen molar-refractivity contribution < 1.29 is 14.6 Å². The molecule has 0 atom stereocenters. The number of aliphatic hydroxyl groups is 1. The molecule has 0 radical (unpaired) electrons. The zero-order valence-corrected chi connectivity index (χ0v) is 11.9. The molecule has 0 spiro atoms. The molecule has 108 valence electrons. The van der Waals surface area contributed by atoms with Crippen LogP contribution in [-0.2, 0) is 11.2 Å². The van der Waals surface area contributed by atoms with Crippen molar-refractivity contribution in [1.82, 2.24) is 0 Å². The molecule has 1 aromatic carbocycles. The normalized spacial score (nSPS) is 9.75. The minimum atomic E-state index is -0.186. The molecule has 0 saturated carbocycles. The van der Waals surface area contributed by atoms with Crippen LogP contribution in [0.1, 0.15) is 19.4 Å². The van der Waals surface area contributed by atoms with Crippen LogP contribution < -0.4 is 15.0 Å². The number of amides is 1. The molecular weight excluding hydrogens is 258 g/mol. The summed E-state index contributed by atoms with van der Waals surface area (Å²) in [5.74, 6) is 0.394. The quantitative estimate of drug-likeness (QED) is 0.608. The summed E-state index contributed by atoms with van der Waals surface area (Å²) in [6.07, 6.45) is 2.70. The molecule has 0 aliphatic carbocycles. The van der Waals surface area contributed by atoms with Crippen LogP contribution in [0.4, 0.5) is 11.4 Å². The fraction of sp³-hybridized carbons (Fsp3) is 0.429. The Morgan fingerprint density at radius 1 is 1.55 bits per heavy atom. The smallest absolute Gasteiger partial charge is 0.221 e. The Balaban J connectivity index is 3.37. The fourth-order valence-corrected chi connectivity index (χ4v) is 1.97. The lowest BCUT2D eigenvalue weighted by Gasteiger charge is -2.21. The average Bonchev–Trinajstić information content (AvgIpc) is 2.43. The van der Waals surface area contributed by atoms with Crippen LogP contribution in [0.3, 0.4) is 0 Å². The molecule has 0 bridgehead atoms. The third-order valence-electron chi connectivity index (χ3n) is 2.79. The number of aliphatic hydroxyl groups excluding tert-OH is 1. The van der Waals surface area contributed by atoms with Gasteiger partial charge in [0.15, 0.2) is 6.19 Å². The van der Waals surface area contributed by atoms with E-state index in [4.69, 9.17) is 9.84 Å². The van der Waals surface area contributed by atoms with Gasteiger partial charge in [-0.15, -0.1) is 0 Å². The Labute approximate surface area is 118 Å². The van der Waals surface area contributed by atoms with Crippen molar-refractivity contribution in [3.63, 3.8) is 0 Å². The third-order valence-corrected chi connectivity index (χ3v) is 2.79. The summed E-state index contributed by atoms with van der Waals surface area (Å²) in [6.45, 7) is 3.40. The number of carbonyl (C=O) groups excluding carboxylic acids is 1. The van der Waals surface area contributed by atoms with Gasteiger partial charge in [-0.05, 0) is 24.1 Å². The van der Waals surface area contributed by atoms with E-state index in [9.17, 15) is 10.1 Å². The van der Waals surface area contributed by atoms with Gasteiger partial charge in [0.25, 0.3) is 0 Å². The molecule has 6 heteroatoms. The summed E-state index contributed by atoms with van der Waals surface area (Å²) in [5.41, 5.74) is 2.02. The fourth-order valence-electron chi connectivity index (χ4n) is 1.97. The number of hydrogen-bond donors (Lipinski definition) is 2. The van der Waals surface area contributed by atoms with E-state index in [0.29, 0.717) is 23.5 Å². The first-order chi connectivity index (χ1) is 9.57. The van der Waals surface area contributed by atoms with Crippen LogP contribution in [0.15, 0.2) is 12.1 Å². The van der Waals surface area contributed by atoms with Gasteiger partial charge < -0.3 is 15.2 Å². The van der Waals surface area contributed by atoms with Crippen molar-refractivity contribution in [3.8, 4) is 11.9 Å². The van der Waals surface area contributed by atoms with E-state index in [1.54, 1.807) is 6.07 Å². The highest BCUT2D eigenvalue weighted by Gasteiger charge is 2.16. The molecule has 1 rings (SSSR count). The van der Waals surface area contributed by atoms with Crippen LogP contribution in [-0.4, -0.2) is 31.3 Å². The lowest BCUT2D eigenvalue weighted by atomic mass is 10.1. The van der Waals surface area contributed by atoms with E-state index in [2.05, 4.69) is 5.32 Å². The van der Waals surface area contributed by atoms with Crippen molar-refractivity contribution in [2.24, 2.45) is 0 Å². The van der Waals surface area contributed by atoms with Gasteiger partial charge in [-0.1, -0.05) is 6.92 Å². The van der Waals surface area contributed by atoms with Crippen LogP contribution in [0, 0.1) is 11.5 Å². The van der Waals surface area contributed by atoms with E-state index in [1.807, 2.05) is 19.2 Å². The van der Waals surface area contributed by atoms with Gasteiger partial charge in [0.2, 0.25) is 5.91 Å². The highest BCUT2D eigenvalue weighted by molar-refractivity contribution is 5.90. The van der Waals surface area contributed by atoms with E-state index < -0.39 is 0 Å². The summed E-state index contributed by atoms with van der Waals surface area (Å²) in [7, 11) is 1.53. The minimum absolute atomic E-state index is 0.150. The molecule has 0 aliphatic heterocycles. The first-order valence-electron chi connectivity index (χ1n) is 6.34. The highest BCUT2D eigenvalue weighted by atomic mass is 16.5. The summed E-state index contributed by atoms with van der Waals surface area (Å²) in [6, 6.07) is 3.48. The average molecular weight is 277 g/mol. The molecule has 0 unspecified atom stereocenters. The van der Waals surface area contributed by atoms with Crippen LogP contribution in [0.5, 0.6) is 5.75 Å². The molecule has 1 aromatic rings. The maximum atomic E-state index is 11.2. The number of methoxy groups -OCH3 is 1. The van der Waals surface area contributed by atoms with Crippen molar-refractivity contribution in [3.05, 3.63) is 17.7 Å². The number of benzene rings is 1. The number of nitrogens with zero attached hydrogens (tertiary/aromatic N) is 2. The zero-order valence-electron chi connectivity index (χ0n) is 11.9. The Morgan fingerprint density at radius 2 is 2.25 bits per heavy atom. The molecule has 0 saturated heterocycles. The summed E-state index contributed by atoms with van der Waals surface area (Å²) >= 11 is 0. The minimum Gasteiger partial charge on any atom is -0.494 e. The SMILES string of the molecule is CCc1cc(NC(C)=O)cc(N(C#N)CCO)c1OC. The van der Waals surface area contributed by atoms with Gasteiger partial charge in [-0.2, -0.15) is 5.26 Å². The highest BCUT2D eigenvalue weighted by Crippen LogP contribution is 2.35. The number of anilines is 2. The van der Waals surface area contributed by atoms with Crippen LogP contribution >= 0.6 is 0 Å². The first kappa shape index (κ1) is 15.8. The Bertz CT molecular complexity index is 523. The second-order valence-electron chi connectivity index (χ2n) is 4.20. The third kappa shape index (κ3) is 3.62. The van der Waals surface area contributed by atoms with Gasteiger partial charge in [0.1, 0.15) is 5.75 Å². The number of rotatable bonds is 6. The lowest BCUT2D eigenvalue weighted by molar-refractivity contribution is -0.114. The molecule has 0 aromatic heterocycles. The molecule has 0 fully saturated rings. The Morgan fingerprint density at radius 3 is 2.70 bits per heavy atom. The molecule has 0 heterocycles. The topological polar surface area (TPSA) is 85.6 Å². The largest absolute Gasteiger partial charge is 0.494 e. The lowest BCUT2D eigenvalue weighted by Crippen LogP contribution is -2.22. The predicted octanol–water partition coefficient (Wildman–Crippen LogP) is 1.50. The van der Waals surface area contributed by atoms with Gasteiger partial charge in [-0.25, -0.2) is 0 Å². The Hall–Kier alpha value is -2.26. The molecule has 1 amide bonds. The number of ether oxygens (including phenoxy) is 1. The number of nitriles is 1. The predicted molar refractivity (Wildman–Crippen MR) is 76.7 cm³/mol. The molecule has 20 heavy (non-hydrogen) atoms. The maximum absolute atomic E-state index is 11.2. The number of hydrogen-bond acceptors (Lipinski definition) is 5. The van der Waals surface area contributed by atoms with E-state index in [-0.39, 0.29) is 19.1 Å². The van der Waals surface area contributed by atoms with Crippen molar-refractivity contribution in [1.29, 1.82) is 5.26 Å². The van der Waals surface area contributed by atoms with E-state index in [1.165, 1.54) is 18.9 Å². The van der Waals surface area contributed by atoms with Crippen molar-refractivity contribution in [2.45, 2.75) is 20.3 Å². The number of aryl methyl sites for hydroxylation is 1. The van der Waals surface area contributed by atoms with Gasteiger partial charge in [-0.3, -0.25) is 9.69 Å². The zero-order chi connectivity index (χ0) is 15.1. The van der Waals surface area contributed by atoms with E-state index in [0.717, 1.165) is 5.56 Å². The maximum Gasteiger partial charge on any atom is 0.221 e. The first-order valence-corrected chi connectivity index (χ1v) is 6.34. The standard InChI is InChI=1S/C14H19N3O3/c1-4-11-7-12(16-10(2)19)8-13(14(11)20-3)17(9-15)5-6-18/h7-8,18H,4-6H2,1-3H3,(H,16,19). The summed E-state index contributed by atoms with van der Waals surface area (Å²) < 4.78 is 5.37.